The van der Waals surface area contributed by atoms with Gasteiger partial charge in [-0.15, -0.1) is 11.6 Å². The molecule has 0 aliphatic carbocycles. The molecule has 96 valence electrons. The highest BCUT2D eigenvalue weighted by Gasteiger charge is 2.18. The van der Waals surface area contributed by atoms with Gasteiger partial charge in [-0.2, -0.15) is 5.10 Å². The van der Waals surface area contributed by atoms with Crippen LogP contribution in [0.4, 0.5) is 0 Å². The van der Waals surface area contributed by atoms with E-state index in [9.17, 15) is 0 Å². The van der Waals surface area contributed by atoms with Crippen LogP contribution in [0.2, 0.25) is 5.15 Å². The summed E-state index contributed by atoms with van der Waals surface area (Å²) in [7, 11) is 0. The lowest BCUT2D eigenvalue weighted by Crippen LogP contribution is -1.98. The Labute approximate surface area is 118 Å². The number of benzene rings is 1. The summed E-state index contributed by atoms with van der Waals surface area (Å²) in [6.45, 7) is 6.24. The highest BCUT2D eigenvalue weighted by molar-refractivity contribution is 6.31. The monoisotopic (exact) mass is 282 g/mol. The number of hydrogen-bond donors (Lipinski definition) is 0. The van der Waals surface area contributed by atoms with Crippen LogP contribution >= 0.6 is 23.2 Å². The minimum atomic E-state index is 0.308. The first-order valence-corrected chi connectivity index (χ1v) is 6.86. The van der Waals surface area contributed by atoms with E-state index in [-0.39, 0.29) is 0 Å². The lowest BCUT2D eigenvalue weighted by molar-refractivity contribution is 0.765. The standard InChI is InChI=1S/C14H16Cl2N2/c1-9(2)13-12(8-15)14(16)18(17-13)11-6-4-10(3)5-7-11/h4-7,9H,8H2,1-3H3. The quantitative estimate of drug-likeness (QED) is 0.747. The number of alkyl halides is 1. The largest absolute Gasteiger partial charge is 0.222 e. The van der Waals surface area contributed by atoms with Crippen molar-refractivity contribution in [1.29, 1.82) is 0 Å². The highest BCUT2D eigenvalue weighted by Crippen LogP contribution is 2.29. The third-order valence-electron chi connectivity index (χ3n) is 2.91. The van der Waals surface area contributed by atoms with Gasteiger partial charge in [0.25, 0.3) is 0 Å². The van der Waals surface area contributed by atoms with Gasteiger partial charge in [-0.05, 0) is 25.0 Å². The van der Waals surface area contributed by atoms with E-state index in [1.54, 1.807) is 4.68 Å². The zero-order chi connectivity index (χ0) is 13.3. The van der Waals surface area contributed by atoms with Crippen molar-refractivity contribution in [2.75, 3.05) is 0 Å². The van der Waals surface area contributed by atoms with Crippen LogP contribution in [0, 0.1) is 6.92 Å². The molecule has 0 saturated carbocycles. The van der Waals surface area contributed by atoms with Crippen molar-refractivity contribution >= 4 is 23.2 Å². The summed E-state index contributed by atoms with van der Waals surface area (Å²) in [6, 6.07) is 8.11. The highest BCUT2D eigenvalue weighted by atomic mass is 35.5. The summed E-state index contributed by atoms with van der Waals surface area (Å²) in [5.74, 6) is 0.695. The fourth-order valence-electron chi connectivity index (χ4n) is 1.89. The summed E-state index contributed by atoms with van der Waals surface area (Å²) in [4.78, 5) is 0. The second-order valence-electron chi connectivity index (χ2n) is 4.69. The second kappa shape index (κ2) is 5.33. The Hall–Kier alpha value is -0.990. The maximum absolute atomic E-state index is 6.36. The Balaban J connectivity index is 2.55. The van der Waals surface area contributed by atoms with Crippen molar-refractivity contribution in [3.8, 4) is 5.69 Å². The van der Waals surface area contributed by atoms with Gasteiger partial charge in [-0.25, -0.2) is 4.68 Å². The van der Waals surface area contributed by atoms with Crippen LogP contribution in [-0.2, 0) is 5.88 Å². The SMILES string of the molecule is Cc1ccc(-n2nc(C(C)C)c(CCl)c2Cl)cc1. The molecule has 0 unspecified atom stereocenters. The molecule has 0 fully saturated rings. The molecule has 0 radical (unpaired) electrons. The third-order valence-corrected chi connectivity index (χ3v) is 3.57. The summed E-state index contributed by atoms with van der Waals surface area (Å²) in [5.41, 5.74) is 4.07. The molecule has 0 N–H and O–H groups in total. The Morgan fingerprint density at radius 3 is 2.28 bits per heavy atom. The Morgan fingerprint density at radius 1 is 1.22 bits per heavy atom. The van der Waals surface area contributed by atoms with E-state index in [1.807, 2.05) is 24.3 Å². The van der Waals surface area contributed by atoms with Crippen molar-refractivity contribution in [2.24, 2.45) is 0 Å². The summed E-state index contributed by atoms with van der Waals surface area (Å²) in [5, 5.41) is 5.19. The molecule has 0 aliphatic rings. The molecular formula is C14H16Cl2N2. The molecular weight excluding hydrogens is 267 g/mol. The smallest absolute Gasteiger partial charge is 0.137 e. The van der Waals surface area contributed by atoms with Gasteiger partial charge >= 0.3 is 0 Å². The first-order chi connectivity index (χ1) is 8.54. The molecule has 0 amide bonds. The molecule has 18 heavy (non-hydrogen) atoms. The molecule has 0 bridgehead atoms. The zero-order valence-corrected chi connectivity index (χ0v) is 12.3. The molecule has 0 saturated heterocycles. The van der Waals surface area contributed by atoms with Gasteiger partial charge in [0.2, 0.25) is 0 Å². The van der Waals surface area contributed by atoms with Gasteiger partial charge in [-0.3, -0.25) is 0 Å². The van der Waals surface area contributed by atoms with E-state index in [0.29, 0.717) is 17.0 Å². The predicted octanol–water partition coefficient (Wildman–Crippen LogP) is 4.70. The molecule has 1 aromatic carbocycles. The molecule has 2 rings (SSSR count). The topological polar surface area (TPSA) is 17.8 Å². The van der Waals surface area contributed by atoms with Gasteiger partial charge in [0.1, 0.15) is 5.15 Å². The second-order valence-corrected chi connectivity index (χ2v) is 5.32. The van der Waals surface area contributed by atoms with Crippen LogP contribution in [0.3, 0.4) is 0 Å². The van der Waals surface area contributed by atoms with Crippen LogP contribution in [0.15, 0.2) is 24.3 Å². The van der Waals surface area contributed by atoms with Crippen molar-refractivity contribution in [2.45, 2.75) is 32.6 Å². The van der Waals surface area contributed by atoms with E-state index >= 15 is 0 Å². The number of aromatic nitrogens is 2. The number of rotatable bonds is 3. The lowest BCUT2D eigenvalue weighted by Gasteiger charge is -2.03. The predicted molar refractivity (Wildman–Crippen MR) is 77.0 cm³/mol. The molecule has 2 nitrogen and oxygen atoms in total. The molecule has 0 atom stereocenters. The van der Waals surface area contributed by atoms with E-state index in [4.69, 9.17) is 23.2 Å². The molecule has 1 heterocycles. The minimum Gasteiger partial charge on any atom is -0.222 e. The van der Waals surface area contributed by atoms with Gasteiger partial charge < -0.3 is 0 Å². The van der Waals surface area contributed by atoms with Crippen LogP contribution in [0.25, 0.3) is 5.69 Å². The third kappa shape index (κ3) is 2.40. The van der Waals surface area contributed by atoms with Crippen molar-refractivity contribution in [1.82, 2.24) is 9.78 Å². The Morgan fingerprint density at radius 2 is 1.83 bits per heavy atom. The van der Waals surface area contributed by atoms with Crippen LogP contribution in [0.1, 0.15) is 36.6 Å². The van der Waals surface area contributed by atoms with E-state index in [0.717, 1.165) is 16.9 Å². The number of aryl methyl sites for hydroxylation is 1. The minimum absolute atomic E-state index is 0.308. The average molecular weight is 283 g/mol. The van der Waals surface area contributed by atoms with Crippen LogP contribution < -0.4 is 0 Å². The number of hydrogen-bond acceptors (Lipinski definition) is 1. The zero-order valence-electron chi connectivity index (χ0n) is 10.7. The maximum atomic E-state index is 6.36. The van der Waals surface area contributed by atoms with E-state index in [1.165, 1.54) is 5.56 Å². The first-order valence-electron chi connectivity index (χ1n) is 5.95. The van der Waals surface area contributed by atoms with E-state index < -0.39 is 0 Å². The van der Waals surface area contributed by atoms with Crippen molar-refractivity contribution in [3.05, 3.63) is 46.2 Å². The summed E-state index contributed by atoms with van der Waals surface area (Å²) in [6.07, 6.45) is 0. The fourth-order valence-corrected chi connectivity index (χ4v) is 2.52. The Kier molecular flexibility index (Phi) is 3.98. The molecule has 0 spiro atoms. The van der Waals surface area contributed by atoms with Gasteiger partial charge in [0.05, 0.1) is 17.3 Å². The molecule has 0 aliphatic heterocycles. The van der Waals surface area contributed by atoms with Crippen molar-refractivity contribution in [3.63, 3.8) is 0 Å². The van der Waals surface area contributed by atoms with Gasteiger partial charge in [0.15, 0.2) is 0 Å². The summed E-state index contributed by atoms with van der Waals surface area (Å²) < 4.78 is 1.76. The average Bonchev–Trinajstić information content (AvgIpc) is 2.67. The fraction of sp³-hybridized carbons (Fsp3) is 0.357. The van der Waals surface area contributed by atoms with Crippen LogP contribution in [-0.4, -0.2) is 9.78 Å². The maximum Gasteiger partial charge on any atom is 0.137 e. The normalized spacial score (nSPS) is 11.2. The number of nitrogens with zero attached hydrogens (tertiary/aromatic N) is 2. The van der Waals surface area contributed by atoms with Crippen LogP contribution in [0.5, 0.6) is 0 Å². The lowest BCUT2D eigenvalue weighted by atomic mass is 10.1. The van der Waals surface area contributed by atoms with Gasteiger partial charge in [0, 0.05) is 5.56 Å². The first kappa shape index (κ1) is 13.4. The molecule has 2 aromatic rings. The van der Waals surface area contributed by atoms with Crippen molar-refractivity contribution < 1.29 is 0 Å². The summed E-state index contributed by atoms with van der Waals surface area (Å²) >= 11 is 12.3. The van der Waals surface area contributed by atoms with Gasteiger partial charge in [-0.1, -0.05) is 43.1 Å². The van der Waals surface area contributed by atoms with E-state index in [2.05, 4.69) is 25.9 Å². The molecule has 1 aromatic heterocycles. The molecule has 4 heteroatoms. The number of halogens is 2. The Bertz CT molecular complexity index is 542.